The summed E-state index contributed by atoms with van der Waals surface area (Å²) in [6.07, 6.45) is 8.08. The molecule has 2 saturated heterocycles. The molecule has 2 heterocycles. The Balaban J connectivity index is 1.75. The van der Waals surface area contributed by atoms with Gasteiger partial charge in [0.25, 0.3) is 0 Å². The summed E-state index contributed by atoms with van der Waals surface area (Å²) in [6, 6.07) is 0. The van der Waals surface area contributed by atoms with Crippen molar-refractivity contribution in [3.05, 3.63) is 0 Å². The normalized spacial score (nSPS) is 27.0. The van der Waals surface area contributed by atoms with Crippen LogP contribution in [-0.4, -0.2) is 66.0 Å². The highest BCUT2D eigenvalue weighted by atomic mass is 28.2. The van der Waals surface area contributed by atoms with Crippen LogP contribution in [0.1, 0.15) is 52.4 Å². The number of hydrogen-bond acceptors (Lipinski definition) is 4. The van der Waals surface area contributed by atoms with E-state index in [-0.39, 0.29) is 5.60 Å². The minimum absolute atomic E-state index is 0.0472. The van der Waals surface area contributed by atoms with E-state index in [0.29, 0.717) is 12.2 Å². The molecule has 21 heavy (non-hydrogen) atoms. The molecule has 2 unspecified atom stereocenters. The Morgan fingerprint density at radius 1 is 1.10 bits per heavy atom. The Kier molecular flexibility index (Phi) is 7.15. The average Bonchev–Trinajstić information content (AvgIpc) is 3.12. The standard InChI is InChI=1S/C16H33NO3Si/c1-16(2,20-21)8-5-9-17(12-14-6-3-10-18-14)13-15-7-4-11-19-15/h14-15H,3-13H2,1-2,21H3. The summed E-state index contributed by atoms with van der Waals surface area (Å²) >= 11 is 0. The molecule has 0 N–H and O–H groups in total. The van der Waals surface area contributed by atoms with Crippen molar-refractivity contribution >= 4 is 10.5 Å². The quantitative estimate of drug-likeness (QED) is 0.604. The van der Waals surface area contributed by atoms with E-state index in [1.165, 1.54) is 32.1 Å². The molecule has 0 aliphatic carbocycles. The van der Waals surface area contributed by atoms with Crippen molar-refractivity contribution in [1.82, 2.24) is 4.90 Å². The van der Waals surface area contributed by atoms with Crippen molar-refractivity contribution in [2.75, 3.05) is 32.8 Å². The van der Waals surface area contributed by atoms with Gasteiger partial charge in [0.1, 0.15) is 10.5 Å². The highest BCUT2D eigenvalue weighted by molar-refractivity contribution is 5.98. The lowest BCUT2D eigenvalue weighted by Gasteiger charge is -2.29. The molecule has 0 aromatic carbocycles. The van der Waals surface area contributed by atoms with Crippen LogP contribution in [0.15, 0.2) is 0 Å². The fourth-order valence-electron chi connectivity index (χ4n) is 3.24. The SMILES string of the molecule is CC(C)(CCCN(CC1CCCO1)CC1CCCO1)O[SiH3]. The van der Waals surface area contributed by atoms with E-state index in [2.05, 4.69) is 18.7 Å². The van der Waals surface area contributed by atoms with Gasteiger partial charge in [0.15, 0.2) is 0 Å². The summed E-state index contributed by atoms with van der Waals surface area (Å²) in [4.78, 5) is 2.56. The van der Waals surface area contributed by atoms with Crippen LogP contribution >= 0.6 is 0 Å². The van der Waals surface area contributed by atoms with Gasteiger partial charge in [-0.3, -0.25) is 4.90 Å². The van der Waals surface area contributed by atoms with E-state index in [1.807, 2.05) is 0 Å². The first kappa shape index (κ1) is 17.4. The highest BCUT2D eigenvalue weighted by Gasteiger charge is 2.24. The fraction of sp³-hybridized carbons (Fsp3) is 1.00. The molecule has 0 saturated carbocycles. The molecule has 0 bridgehead atoms. The third kappa shape index (κ3) is 6.36. The van der Waals surface area contributed by atoms with E-state index >= 15 is 0 Å². The molecule has 0 amide bonds. The van der Waals surface area contributed by atoms with Crippen molar-refractivity contribution in [3.63, 3.8) is 0 Å². The maximum Gasteiger partial charge on any atom is 0.146 e. The molecule has 2 aliphatic heterocycles. The third-order valence-electron chi connectivity index (χ3n) is 4.78. The lowest BCUT2D eigenvalue weighted by molar-refractivity contribution is 0.0336. The second-order valence-electron chi connectivity index (χ2n) is 7.10. The predicted octanol–water partition coefficient (Wildman–Crippen LogP) is 1.50. The molecule has 124 valence electrons. The van der Waals surface area contributed by atoms with E-state index in [9.17, 15) is 0 Å². The summed E-state index contributed by atoms with van der Waals surface area (Å²) in [5.74, 6) is 0. The van der Waals surface area contributed by atoms with Crippen LogP contribution in [0.25, 0.3) is 0 Å². The largest absolute Gasteiger partial charge is 0.423 e. The topological polar surface area (TPSA) is 30.9 Å². The van der Waals surface area contributed by atoms with Gasteiger partial charge in [-0.25, -0.2) is 0 Å². The first-order valence-corrected chi connectivity index (χ1v) is 9.41. The van der Waals surface area contributed by atoms with Crippen LogP contribution in [0.3, 0.4) is 0 Å². The molecule has 0 radical (unpaired) electrons. The lowest BCUT2D eigenvalue weighted by atomic mass is 10.0. The minimum Gasteiger partial charge on any atom is -0.423 e. The van der Waals surface area contributed by atoms with Crippen LogP contribution in [0.4, 0.5) is 0 Å². The zero-order valence-electron chi connectivity index (χ0n) is 14.1. The number of hydrogen-bond donors (Lipinski definition) is 0. The Bertz CT molecular complexity index is 271. The Labute approximate surface area is 133 Å². The Morgan fingerprint density at radius 2 is 1.67 bits per heavy atom. The van der Waals surface area contributed by atoms with Crippen LogP contribution in [-0.2, 0) is 13.9 Å². The van der Waals surface area contributed by atoms with E-state index in [0.717, 1.165) is 49.8 Å². The molecule has 4 nitrogen and oxygen atoms in total. The number of nitrogens with zero attached hydrogens (tertiary/aromatic N) is 1. The molecular formula is C16H33NO3Si. The zero-order chi connectivity index (χ0) is 15.1. The summed E-state index contributed by atoms with van der Waals surface area (Å²) in [6.45, 7) is 9.56. The highest BCUT2D eigenvalue weighted by Crippen LogP contribution is 2.19. The van der Waals surface area contributed by atoms with E-state index in [4.69, 9.17) is 13.9 Å². The van der Waals surface area contributed by atoms with Crippen molar-refractivity contribution in [2.45, 2.75) is 70.2 Å². The second kappa shape index (κ2) is 8.63. The number of rotatable bonds is 9. The second-order valence-corrected chi connectivity index (χ2v) is 7.51. The molecule has 2 fully saturated rings. The summed E-state index contributed by atoms with van der Waals surface area (Å²) < 4.78 is 17.3. The Hall–Kier alpha value is 0.0569. The van der Waals surface area contributed by atoms with Gasteiger partial charge in [0.2, 0.25) is 0 Å². The summed E-state index contributed by atoms with van der Waals surface area (Å²) in [5.41, 5.74) is 0.0472. The minimum atomic E-state index is 0.0472. The molecule has 0 spiro atoms. The van der Waals surface area contributed by atoms with Gasteiger partial charge in [0, 0.05) is 31.9 Å². The molecule has 0 aromatic heterocycles. The van der Waals surface area contributed by atoms with Crippen LogP contribution in [0, 0.1) is 0 Å². The van der Waals surface area contributed by atoms with Gasteiger partial charge in [0.05, 0.1) is 12.2 Å². The molecular weight excluding hydrogens is 282 g/mol. The zero-order valence-corrected chi connectivity index (χ0v) is 16.1. The van der Waals surface area contributed by atoms with Crippen LogP contribution < -0.4 is 0 Å². The van der Waals surface area contributed by atoms with Gasteiger partial charge in [-0.05, 0) is 58.9 Å². The van der Waals surface area contributed by atoms with Crippen LogP contribution in [0.5, 0.6) is 0 Å². The monoisotopic (exact) mass is 315 g/mol. The maximum atomic E-state index is 5.81. The van der Waals surface area contributed by atoms with Gasteiger partial charge < -0.3 is 13.9 Å². The smallest absolute Gasteiger partial charge is 0.146 e. The maximum absolute atomic E-state index is 5.81. The predicted molar refractivity (Wildman–Crippen MR) is 88.7 cm³/mol. The molecule has 2 aliphatic rings. The van der Waals surface area contributed by atoms with Crippen molar-refractivity contribution < 1.29 is 13.9 Å². The fourth-order valence-corrected chi connectivity index (χ4v) is 3.44. The first-order valence-electron chi connectivity index (χ1n) is 8.60. The molecule has 0 aromatic rings. The lowest BCUT2D eigenvalue weighted by Crippen LogP contribution is -2.39. The summed E-state index contributed by atoms with van der Waals surface area (Å²) in [7, 11) is 0.821. The van der Waals surface area contributed by atoms with Gasteiger partial charge in [-0.1, -0.05) is 0 Å². The van der Waals surface area contributed by atoms with E-state index < -0.39 is 0 Å². The molecule has 5 heteroatoms. The Morgan fingerprint density at radius 3 is 2.10 bits per heavy atom. The van der Waals surface area contributed by atoms with E-state index in [1.54, 1.807) is 0 Å². The van der Waals surface area contributed by atoms with Gasteiger partial charge in [-0.15, -0.1) is 0 Å². The van der Waals surface area contributed by atoms with Crippen molar-refractivity contribution in [1.29, 1.82) is 0 Å². The van der Waals surface area contributed by atoms with Crippen molar-refractivity contribution in [2.24, 2.45) is 0 Å². The number of ether oxygens (including phenoxy) is 2. The third-order valence-corrected chi connectivity index (χ3v) is 5.88. The molecule has 2 atom stereocenters. The van der Waals surface area contributed by atoms with Gasteiger partial charge >= 0.3 is 0 Å². The van der Waals surface area contributed by atoms with Gasteiger partial charge in [-0.2, -0.15) is 0 Å². The average molecular weight is 316 g/mol. The van der Waals surface area contributed by atoms with Crippen LogP contribution in [0.2, 0.25) is 0 Å². The first-order chi connectivity index (χ1) is 10.1. The molecule has 2 rings (SSSR count). The van der Waals surface area contributed by atoms with Crippen molar-refractivity contribution in [3.8, 4) is 0 Å². The summed E-state index contributed by atoms with van der Waals surface area (Å²) in [5, 5.41) is 0.